The summed E-state index contributed by atoms with van der Waals surface area (Å²) in [5, 5.41) is 14.4. The Morgan fingerprint density at radius 2 is 1.92 bits per heavy atom. The van der Waals surface area contributed by atoms with Crippen LogP contribution >= 0.6 is 0 Å². The first-order valence-electron chi connectivity index (χ1n) is 8.66. The predicted octanol–water partition coefficient (Wildman–Crippen LogP) is 2.66. The van der Waals surface area contributed by atoms with E-state index in [9.17, 15) is 9.59 Å². The maximum absolute atomic E-state index is 12.0. The lowest BCUT2D eigenvalue weighted by Gasteiger charge is -2.18. The van der Waals surface area contributed by atoms with Gasteiger partial charge in [0.25, 0.3) is 0 Å². The molecule has 0 aliphatic heterocycles. The molecule has 0 spiro atoms. The molecule has 3 N–H and O–H groups in total. The molecule has 1 rings (SSSR count). The average Bonchev–Trinajstić information content (AvgIpc) is 2.53. The number of aliphatic hydroxyl groups is 1. The third-order valence-electron chi connectivity index (χ3n) is 4.09. The van der Waals surface area contributed by atoms with E-state index in [-0.39, 0.29) is 12.5 Å². The molecule has 1 aromatic carbocycles. The highest BCUT2D eigenvalue weighted by atomic mass is 16.3. The van der Waals surface area contributed by atoms with Gasteiger partial charge in [0, 0.05) is 18.8 Å². The van der Waals surface area contributed by atoms with E-state index in [4.69, 9.17) is 5.11 Å². The van der Waals surface area contributed by atoms with Gasteiger partial charge in [-0.3, -0.25) is 9.59 Å². The van der Waals surface area contributed by atoms with Gasteiger partial charge in [0.1, 0.15) is 0 Å². The quantitative estimate of drug-likeness (QED) is 0.640. The van der Waals surface area contributed by atoms with Crippen molar-refractivity contribution >= 4 is 17.5 Å². The van der Waals surface area contributed by atoms with E-state index in [2.05, 4.69) is 31.4 Å². The third kappa shape index (κ3) is 6.71. The van der Waals surface area contributed by atoms with Gasteiger partial charge in [-0.1, -0.05) is 26.8 Å². The molecule has 0 aliphatic rings. The number of aliphatic hydroxyl groups excluding tert-OH is 1. The molecular weight excluding hydrogens is 304 g/mol. The van der Waals surface area contributed by atoms with Crippen LogP contribution in [0, 0.1) is 18.8 Å². The maximum atomic E-state index is 12.0. The number of aryl methyl sites for hydroxylation is 2. The minimum Gasteiger partial charge on any atom is -0.396 e. The lowest BCUT2D eigenvalue weighted by atomic mass is 9.94. The van der Waals surface area contributed by atoms with Crippen LogP contribution in [0.1, 0.15) is 44.7 Å². The normalized spacial score (nSPS) is 12.1. The van der Waals surface area contributed by atoms with Gasteiger partial charge in [0.15, 0.2) is 0 Å². The van der Waals surface area contributed by atoms with E-state index in [1.165, 1.54) is 5.56 Å². The molecule has 5 nitrogen and oxygen atoms in total. The van der Waals surface area contributed by atoms with Crippen molar-refractivity contribution in [1.29, 1.82) is 0 Å². The zero-order chi connectivity index (χ0) is 18.1. The van der Waals surface area contributed by atoms with E-state index in [0.717, 1.165) is 18.4 Å². The molecule has 1 atom stereocenters. The Hall–Kier alpha value is -1.88. The Bertz CT molecular complexity index is 556. The summed E-state index contributed by atoms with van der Waals surface area (Å²) in [5.41, 5.74) is 2.94. The minimum atomic E-state index is -0.659. The van der Waals surface area contributed by atoms with E-state index in [1.807, 2.05) is 19.1 Å². The second-order valence-electron chi connectivity index (χ2n) is 6.67. The molecule has 1 unspecified atom stereocenters. The van der Waals surface area contributed by atoms with Gasteiger partial charge < -0.3 is 15.7 Å². The summed E-state index contributed by atoms with van der Waals surface area (Å²) < 4.78 is 0. The minimum absolute atomic E-state index is 0.0859. The van der Waals surface area contributed by atoms with Crippen molar-refractivity contribution in [2.45, 2.75) is 47.0 Å². The number of hydrogen-bond donors (Lipinski definition) is 3. The number of hydrogen-bond acceptors (Lipinski definition) is 3. The summed E-state index contributed by atoms with van der Waals surface area (Å²) in [5.74, 6) is -0.640. The average molecular weight is 334 g/mol. The zero-order valence-corrected chi connectivity index (χ0v) is 15.2. The summed E-state index contributed by atoms with van der Waals surface area (Å²) in [6.07, 6.45) is 2.40. The van der Waals surface area contributed by atoms with Gasteiger partial charge in [-0.25, -0.2) is 0 Å². The molecule has 134 valence electrons. The number of carbonyl (C=O) groups excluding carboxylic acids is 2. The summed E-state index contributed by atoms with van der Waals surface area (Å²) in [7, 11) is 0. The van der Waals surface area contributed by atoms with Crippen LogP contribution in [-0.4, -0.2) is 30.1 Å². The first-order chi connectivity index (χ1) is 11.4. The standard InChI is InChI=1S/C19H30N2O3/c1-5-16-11-17(7-6-14(16)4)21-19(24)18(23)20-12-15(8-9-22)10-13(2)3/h6-7,11,13,15,22H,5,8-10,12H2,1-4H3,(H,20,23)(H,21,24). The second-order valence-corrected chi connectivity index (χ2v) is 6.67. The highest BCUT2D eigenvalue weighted by Gasteiger charge is 2.17. The van der Waals surface area contributed by atoms with Crippen LogP contribution in [0.25, 0.3) is 0 Å². The molecular formula is C19H30N2O3. The fraction of sp³-hybridized carbons (Fsp3) is 0.579. The van der Waals surface area contributed by atoms with E-state index < -0.39 is 11.8 Å². The lowest BCUT2D eigenvalue weighted by Crippen LogP contribution is -2.38. The Kier molecular flexibility index (Phi) is 8.47. The van der Waals surface area contributed by atoms with Crippen LogP contribution in [0.3, 0.4) is 0 Å². The van der Waals surface area contributed by atoms with Gasteiger partial charge in [-0.05, 0) is 61.3 Å². The third-order valence-corrected chi connectivity index (χ3v) is 4.09. The number of rotatable bonds is 8. The number of benzene rings is 1. The first kappa shape index (κ1) is 20.2. The Morgan fingerprint density at radius 3 is 2.50 bits per heavy atom. The molecule has 1 aromatic rings. The zero-order valence-electron chi connectivity index (χ0n) is 15.2. The molecule has 5 heteroatoms. The predicted molar refractivity (Wildman–Crippen MR) is 96.8 cm³/mol. The molecule has 0 heterocycles. The van der Waals surface area contributed by atoms with Crippen molar-refractivity contribution < 1.29 is 14.7 Å². The number of amides is 2. The lowest BCUT2D eigenvalue weighted by molar-refractivity contribution is -0.136. The summed E-state index contributed by atoms with van der Waals surface area (Å²) in [6.45, 7) is 8.76. The smallest absolute Gasteiger partial charge is 0.313 e. The maximum Gasteiger partial charge on any atom is 0.313 e. The molecule has 0 aliphatic carbocycles. The van der Waals surface area contributed by atoms with E-state index in [1.54, 1.807) is 6.07 Å². The van der Waals surface area contributed by atoms with Crippen molar-refractivity contribution in [2.24, 2.45) is 11.8 Å². The summed E-state index contributed by atoms with van der Waals surface area (Å²) in [4.78, 5) is 24.0. The van der Waals surface area contributed by atoms with Crippen LogP contribution in [0.15, 0.2) is 18.2 Å². The fourth-order valence-electron chi connectivity index (χ4n) is 2.79. The van der Waals surface area contributed by atoms with Crippen molar-refractivity contribution in [3.63, 3.8) is 0 Å². The van der Waals surface area contributed by atoms with Gasteiger partial charge in [-0.2, -0.15) is 0 Å². The summed E-state index contributed by atoms with van der Waals surface area (Å²) in [6, 6.07) is 5.63. The molecule has 0 fully saturated rings. The summed E-state index contributed by atoms with van der Waals surface area (Å²) >= 11 is 0. The Morgan fingerprint density at radius 1 is 1.21 bits per heavy atom. The molecule has 2 amide bonds. The van der Waals surface area contributed by atoms with Gasteiger partial charge >= 0.3 is 11.8 Å². The van der Waals surface area contributed by atoms with Gasteiger partial charge in [-0.15, -0.1) is 0 Å². The Labute approximate surface area is 144 Å². The van der Waals surface area contributed by atoms with Crippen molar-refractivity contribution in [3.8, 4) is 0 Å². The topological polar surface area (TPSA) is 78.4 Å². The van der Waals surface area contributed by atoms with Gasteiger partial charge in [0.2, 0.25) is 0 Å². The molecule has 0 aromatic heterocycles. The molecule has 0 bridgehead atoms. The fourth-order valence-corrected chi connectivity index (χ4v) is 2.79. The highest BCUT2D eigenvalue weighted by Crippen LogP contribution is 2.16. The number of nitrogens with one attached hydrogen (secondary N) is 2. The molecule has 24 heavy (non-hydrogen) atoms. The van der Waals surface area contributed by atoms with Crippen LogP contribution in [0.4, 0.5) is 5.69 Å². The number of carbonyl (C=O) groups is 2. The van der Waals surface area contributed by atoms with Crippen LogP contribution in [0.2, 0.25) is 0 Å². The Balaban J connectivity index is 2.56. The second kappa shape index (κ2) is 10.1. The van der Waals surface area contributed by atoms with Crippen molar-refractivity contribution in [3.05, 3.63) is 29.3 Å². The van der Waals surface area contributed by atoms with Crippen LogP contribution in [-0.2, 0) is 16.0 Å². The van der Waals surface area contributed by atoms with Crippen LogP contribution < -0.4 is 10.6 Å². The van der Waals surface area contributed by atoms with E-state index >= 15 is 0 Å². The van der Waals surface area contributed by atoms with E-state index in [0.29, 0.717) is 24.6 Å². The van der Waals surface area contributed by atoms with Crippen LogP contribution in [0.5, 0.6) is 0 Å². The first-order valence-corrected chi connectivity index (χ1v) is 8.66. The highest BCUT2D eigenvalue weighted by molar-refractivity contribution is 6.39. The molecule has 0 saturated heterocycles. The van der Waals surface area contributed by atoms with Gasteiger partial charge in [0.05, 0.1) is 0 Å². The molecule has 0 radical (unpaired) electrons. The monoisotopic (exact) mass is 334 g/mol. The molecule has 0 saturated carbocycles. The largest absolute Gasteiger partial charge is 0.396 e. The van der Waals surface area contributed by atoms with Crippen molar-refractivity contribution in [2.75, 3.05) is 18.5 Å². The van der Waals surface area contributed by atoms with Crippen molar-refractivity contribution in [1.82, 2.24) is 5.32 Å². The number of anilines is 1. The SMILES string of the molecule is CCc1cc(NC(=O)C(=O)NCC(CCO)CC(C)C)ccc1C.